The first-order valence-electron chi connectivity index (χ1n) is 5.90. The van der Waals surface area contributed by atoms with Gasteiger partial charge in [0.1, 0.15) is 0 Å². The van der Waals surface area contributed by atoms with E-state index in [4.69, 9.17) is 11.6 Å². The van der Waals surface area contributed by atoms with E-state index in [1.54, 1.807) is 29.5 Å². The summed E-state index contributed by atoms with van der Waals surface area (Å²) in [7, 11) is 0. The topological polar surface area (TPSA) is 29.1 Å². The second-order valence-electron chi connectivity index (χ2n) is 4.29. The summed E-state index contributed by atoms with van der Waals surface area (Å²) in [6.07, 6.45) is 0. The number of fused-ring (bicyclic) bond motifs is 1. The van der Waals surface area contributed by atoms with E-state index in [0.29, 0.717) is 15.5 Å². The van der Waals surface area contributed by atoms with Crippen LogP contribution in [0.15, 0.2) is 52.7 Å². The number of thiophene rings is 1. The van der Waals surface area contributed by atoms with Crippen LogP contribution in [-0.4, -0.2) is 5.91 Å². The van der Waals surface area contributed by atoms with Gasteiger partial charge < -0.3 is 5.32 Å². The summed E-state index contributed by atoms with van der Waals surface area (Å²) < 4.78 is 1.19. The van der Waals surface area contributed by atoms with E-state index in [2.05, 4.69) is 17.9 Å². The highest BCUT2D eigenvalue weighted by Crippen LogP contribution is 2.25. The van der Waals surface area contributed by atoms with Crippen molar-refractivity contribution in [3.63, 3.8) is 0 Å². The van der Waals surface area contributed by atoms with Gasteiger partial charge in [0.2, 0.25) is 0 Å². The van der Waals surface area contributed by atoms with Crippen molar-refractivity contribution in [2.75, 3.05) is 5.32 Å². The first kappa shape index (κ1) is 13.5. The number of halogens is 1. The van der Waals surface area contributed by atoms with Crippen LogP contribution in [0.4, 0.5) is 5.69 Å². The number of carbonyl (C=O) groups is 1. The molecule has 2 nitrogen and oxygen atoms in total. The van der Waals surface area contributed by atoms with E-state index in [0.717, 1.165) is 11.1 Å². The fraction of sp³-hybridized carbons (Fsp3) is 0. The van der Waals surface area contributed by atoms with Crippen LogP contribution in [-0.2, 0) is 0 Å². The smallest absolute Gasteiger partial charge is 0.257 e. The number of thiol groups is 1. The highest BCUT2D eigenvalue weighted by atomic mass is 35.5. The number of benzene rings is 2. The Morgan fingerprint density at radius 2 is 2.00 bits per heavy atom. The zero-order valence-corrected chi connectivity index (χ0v) is 12.7. The van der Waals surface area contributed by atoms with Crippen molar-refractivity contribution in [1.29, 1.82) is 0 Å². The van der Waals surface area contributed by atoms with Crippen molar-refractivity contribution < 1.29 is 4.79 Å². The minimum atomic E-state index is -0.236. The predicted molar refractivity (Wildman–Crippen MR) is 88.5 cm³/mol. The lowest BCUT2D eigenvalue weighted by Gasteiger charge is -2.07. The highest BCUT2D eigenvalue weighted by molar-refractivity contribution is 7.80. The second-order valence-corrected chi connectivity index (χ2v) is 6.16. The van der Waals surface area contributed by atoms with Crippen LogP contribution in [0.3, 0.4) is 0 Å². The predicted octanol–water partition coefficient (Wildman–Crippen LogP) is 5.10. The molecule has 0 saturated carbocycles. The molecule has 0 atom stereocenters. The fourth-order valence-electron chi connectivity index (χ4n) is 1.93. The number of nitrogens with one attached hydrogen (secondary N) is 1. The molecule has 1 amide bonds. The third-order valence-electron chi connectivity index (χ3n) is 2.90. The normalized spacial score (nSPS) is 10.7. The van der Waals surface area contributed by atoms with Gasteiger partial charge in [-0.15, -0.1) is 24.0 Å². The Morgan fingerprint density at radius 1 is 1.15 bits per heavy atom. The molecule has 0 radical (unpaired) electrons. The Bertz CT molecular complexity index is 797. The van der Waals surface area contributed by atoms with Crippen molar-refractivity contribution in [1.82, 2.24) is 0 Å². The van der Waals surface area contributed by atoms with Gasteiger partial charge >= 0.3 is 0 Å². The van der Waals surface area contributed by atoms with E-state index in [1.807, 2.05) is 29.6 Å². The quantitative estimate of drug-likeness (QED) is 0.632. The van der Waals surface area contributed by atoms with E-state index >= 15 is 0 Å². The Hall–Kier alpha value is -1.49. The Morgan fingerprint density at radius 3 is 2.85 bits per heavy atom. The van der Waals surface area contributed by atoms with Crippen molar-refractivity contribution in [2.24, 2.45) is 0 Å². The number of rotatable bonds is 2. The van der Waals surface area contributed by atoms with Gasteiger partial charge in [0, 0.05) is 15.3 Å². The van der Waals surface area contributed by atoms with Crippen molar-refractivity contribution in [2.45, 2.75) is 4.90 Å². The summed E-state index contributed by atoms with van der Waals surface area (Å²) in [4.78, 5) is 12.9. The van der Waals surface area contributed by atoms with Crippen LogP contribution in [0.2, 0.25) is 5.02 Å². The summed E-state index contributed by atoms with van der Waals surface area (Å²) in [5.41, 5.74) is 1.17. The maximum Gasteiger partial charge on any atom is 0.257 e. The van der Waals surface area contributed by atoms with E-state index in [9.17, 15) is 4.79 Å². The molecule has 20 heavy (non-hydrogen) atoms. The average molecular weight is 320 g/mol. The van der Waals surface area contributed by atoms with E-state index in [-0.39, 0.29) is 5.91 Å². The molecule has 0 spiro atoms. The molecular weight excluding hydrogens is 310 g/mol. The summed E-state index contributed by atoms with van der Waals surface area (Å²) in [5, 5.41) is 6.41. The van der Waals surface area contributed by atoms with Crippen molar-refractivity contribution in [3.8, 4) is 0 Å². The van der Waals surface area contributed by atoms with Gasteiger partial charge in [0.15, 0.2) is 0 Å². The SMILES string of the molecule is O=C(Nc1ccc2sccc2c1)c1cc(S)ccc1Cl. The largest absolute Gasteiger partial charge is 0.322 e. The number of hydrogen-bond acceptors (Lipinski definition) is 3. The molecule has 1 aromatic heterocycles. The summed E-state index contributed by atoms with van der Waals surface area (Å²) in [5.74, 6) is -0.236. The lowest BCUT2D eigenvalue weighted by Crippen LogP contribution is -2.12. The minimum absolute atomic E-state index is 0.236. The lowest BCUT2D eigenvalue weighted by molar-refractivity contribution is 0.102. The lowest BCUT2D eigenvalue weighted by atomic mass is 10.2. The molecule has 0 aliphatic rings. The minimum Gasteiger partial charge on any atom is -0.322 e. The maximum atomic E-state index is 12.2. The van der Waals surface area contributed by atoms with Gasteiger partial charge in [-0.1, -0.05) is 11.6 Å². The first-order chi connectivity index (χ1) is 9.63. The van der Waals surface area contributed by atoms with Crippen molar-refractivity contribution in [3.05, 3.63) is 58.4 Å². The van der Waals surface area contributed by atoms with Crippen LogP contribution >= 0.6 is 35.6 Å². The standard InChI is InChI=1S/C15H10ClNOS2/c16-13-3-2-11(19)8-12(13)15(18)17-10-1-4-14-9(7-10)5-6-20-14/h1-8,19H,(H,17,18). The number of carbonyl (C=O) groups excluding carboxylic acids is 1. The monoisotopic (exact) mass is 319 g/mol. The number of amides is 1. The molecule has 1 N–H and O–H groups in total. The third kappa shape index (κ3) is 2.68. The van der Waals surface area contributed by atoms with Gasteiger partial charge in [0.25, 0.3) is 5.91 Å². The Kier molecular flexibility index (Phi) is 3.70. The highest BCUT2D eigenvalue weighted by Gasteiger charge is 2.11. The molecule has 0 unspecified atom stereocenters. The van der Waals surface area contributed by atoms with Gasteiger partial charge in [-0.05, 0) is 53.2 Å². The molecule has 2 aromatic carbocycles. The Labute approximate surface area is 130 Å². The Balaban J connectivity index is 1.89. The van der Waals surface area contributed by atoms with Gasteiger partial charge in [-0.3, -0.25) is 4.79 Å². The molecule has 0 aliphatic carbocycles. The zero-order valence-electron chi connectivity index (χ0n) is 10.3. The van der Waals surface area contributed by atoms with Gasteiger partial charge in [-0.2, -0.15) is 0 Å². The zero-order chi connectivity index (χ0) is 14.1. The van der Waals surface area contributed by atoms with Crippen LogP contribution in [0, 0.1) is 0 Å². The summed E-state index contributed by atoms with van der Waals surface area (Å²) in [6.45, 7) is 0. The van der Waals surface area contributed by atoms with E-state index in [1.165, 1.54) is 4.70 Å². The first-order valence-corrected chi connectivity index (χ1v) is 7.61. The van der Waals surface area contributed by atoms with Crippen LogP contribution in [0.1, 0.15) is 10.4 Å². The molecule has 3 rings (SSSR count). The van der Waals surface area contributed by atoms with Crippen molar-refractivity contribution >= 4 is 57.2 Å². The number of anilines is 1. The fourth-order valence-corrected chi connectivity index (χ4v) is 3.11. The van der Waals surface area contributed by atoms with Crippen LogP contribution < -0.4 is 5.32 Å². The van der Waals surface area contributed by atoms with Gasteiger partial charge in [-0.25, -0.2) is 0 Å². The molecule has 0 saturated heterocycles. The van der Waals surface area contributed by atoms with Crippen LogP contribution in [0.5, 0.6) is 0 Å². The molecule has 1 heterocycles. The molecule has 0 aliphatic heterocycles. The van der Waals surface area contributed by atoms with E-state index < -0.39 is 0 Å². The summed E-state index contributed by atoms with van der Waals surface area (Å²) >= 11 is 11.9. The molecule has 3 aromatic rings. The van der Waals surface area contributed by atoms with Gasteiger partial charge in [0.05, 0.1) is 10.6 Å². The third-order valence-corrected chi connectivity index (χ3v) is 4.41. The molecule has 5 heteroatoms. The molecule has 0 bridgehead atoms. The summed E-state index contributed by atoms with van der Waals surface area (Å²) in [6, 6.07) is 12.9. The second kappa shape index (κ2) is 5.48. The molecular formula is C15H10ClNOS2. The maximum absolute atomic E-state index is 12.2. The van der Waals surface area contributed by atoms with Crippen LogP contribution in [0.25, 0.3) is 10.1 Å². The molecule has 100 valence electrons. The average Bonchev–Trinajstić information content (AvgIpc) is 2.89. The molecule has 0 fully saturated rings. The number of hydrogen-bond donors (Lipinski definition) is 2.